The Kier molecular flexibility index (Phi) is 8.34. The molecule has 202 valence electrons. The van der Waals surface area contributed by atoms with Crippen LogP contribution in [0.1, 0.15) is 50.7 Å². The summed E-state index contributed by atoms with van der Waals surface area (Å²) in [5.41, 5.74) is 1.38. The first-order valence-corrected chi connectivity index (χ1v) is 12.9. The second-order valence-electron chi connectivity index (χ2n) is 10.7. The number of rotatable bonds is 8. The maximum atomic E-state index is 12.6. The van der Waals surface area contributed by atoms with E-state index in [4.69, 9.17) is 14.6 Å². The van der Waals surface area contributed by atoms with E-state index in [2.05, 4.69) is 0 Å². The Morgan fingerprint density at radius 1 is 0.895 bits per heavy atom. The molecule has 3 amide bonds. The average Bonchev–Trinajstić information content (AvgIpc) is 2.85. The second-order valence-corrected chi connectivity index (χ2v) is 10.7. The number of likely N-dealkylation sites (tertiary alicyclic amines) is 2. The number of nitrogens with zero attached hydrogens (tertiary/aromatic N) is 2. The number of ether oxygens (including phenoxy) is 2. The van der Waals surface area contributed by atoms with Crippen LogP contribution in [0.3, 0.4) is 0 Å². The molecular weight excluding hydrogens is 488 g/mol. The van der Waals surface area contributed by atoms with E-state index >= 15 is 0 Å². The zero-order chi connectivity index (χ0) is 27.3. The van der Waals surface area contributed by atoms with Crippen molar-refractivity contribution in [1.82, 2.24) is 9.80 Å². The molecule has 0 unspecified atom stereocenters. The molecule has 0 saturated carbocycles. The molecule has 4 rings (SSSR count). The van der Waals surface area contributed by atoms with Gasteiger partial charge >= 0.3 is 12.1 Å². The Hall–Kier alpha value is -3.88. The van der Waals surface area contributed by atoms with Crippen LogP contribution in [0.15, 0.2) is 48.5 Å². The molecule has 1 N–H and O–H groups in total. The maximum Gasteiger partial charge on any atom is 0.415 e. The van der Waals surface area contributed by atoms with E-state index in [1.807, 2.05) is 26.0 Å². The lowest BCUT2D eigenvalue weighted by Crippen LogP contribution is -2.46. The third-order valence-corrected chi connectivity index (χ3v) is 6.90. The van der Waals surface area contributed by atoms with Gasteiger partial charge in [0.1, 0.15) is 17.6 Å². The van der Waals surface area contributed by atoms with Crippen molar-refractivity contribution in [2.75, 3.05) is 19.6 Å². The second kappa shape index (κ2) is 11.7. The standard InChI is InChI=1S/C29H34N2O7/c1-29(2)18-25(32)31(26(33)19-29)16-11-20-3-7-23(8-4-20)38-28(36)30-14-12-24(13-15-30)37-22-9-5-21(6-10-22)17-27(34)35/h3-10,24H,11-19H2,1-2H3,(H,34,35). The zero-order valence-corrected chi connectivity index (χ0v) is 21.9. The molecule has 2 aromatic rings. The molecule has 2 aliphatic heterocycles. The van der Waals surface area contributed by atoms with Crippen molar-refractivity contribution < 1.29 is 33.8 Å². The first kappa shape index (κ1) is 27.2. The quantitative estimate of drug-likeness (QED) is 0.520. The van der Waals surface area contributed by atoms with Crippen molar-refractivity contribution in [3.05, 3.63) is 59.7 Å². The largest absolute Gasteiger partial charge is 0.490 e. The Bertz CT molecular complexity index is 1150. The van der Waals surface area contributed by atoms with Crippen LogP contribution in [-0.2, 0) is 27.2 Å². The van der Waals surface area contributed by atoms with E-state index in [0.29, 0.717) is 68.8 Å². The molecule has 38 heavy (non-hydrogen) atoms. The molecule has 0 aromatic heterocycles. The van der Waals surface area contributed by atoms with Crippen molar-refractivity contribution in [2.45, 2.75) is 58.5 Å². The van der Waals surface area contributed by atoms with E-state index in [-0.39, 0.29) is 29.8 Å². The van der Waals surface area contributed by atoms with Crippen molar-refractivity contribution in [2.24, 2.45) is 5.41 Å². The summed E-state index contributed by atoms with van der Waals surface area (Å²) in [6.45, 7) is 5.22. The highest BCUT2D eigenvalue weighted by Crippen LogP contribution is 2.31. The van der Waals surface area contributed by atoms with Gasteiger partial charge in [-0.2, -0.15) is 0 Å². The number of carboxylic acid groups (broad SMARTS) is 1. The van der Waals surface area contributed by atoms with Gasteiger partial charge in [0, 0.05) is 45.3 Å². The molecule has 2 aliphatic rings. The molecule has 9 heteroatoms. The lowest BCUT2D eigenvalue weighted by molar-refractivity contribution is -0.152. The van der Waals surface area contributed by atoms with E-state index in [1.54, 1.807) is 41.3 Å². The molecule has 2 aromatic carbocycles. The third-order valence-electron chi connectivity index (χ3n) is 6.90. The number of benzene rings is 2. The van der Waals surface area contributed by atoms with Crippen molar-refractivity contribution in [1.29, 1.82) is 0 Å². The maximum absolute atomic E-state index is 12.6. The summed E-state index contributed by atoms with van der Waals surface area (Å²) in [5, 5.41) is 8.87. The lowest BCUT2D eigenvalue weighted by atomic mass is 9.81. The van der Waals surface area contributed by atoms with Gasteiger partial charge in [-0.3, -0.25) is 19.3 Å². The van der Waals surface area contributed by atoms with Crippen LogP contribution < -0.4 is 9.47 Å². The molecule has 0 radical (unpaired) electrons. The number of carbonyl (C=O) groups excluding carboxylic acids is 3. The van der Waals surface area contributed by atoms with Gasteiger partial charge in [0.25, 0.3) is 0 Å². The summed E-state index contributed by atoms with van der Waals surface area (Å²) in [4.78, 5) is 51.1. The zero-order valence-electron chi connectivity index (χ0n) is 21.9. The number of carbonyl (C=O) groups is 4. The topological polar surface area (TPSA) is 113 Å². The summed E-state index contributed by atoms with van der Waals surface area (Å²) in [6, 6.07) is 14.2. The monoisotopic (exact) mass is 522 g/mol. The Morgan fingerprint density at radius 3 is 2.03 bits per heavy atom. The van der Waals surface area contributed by atoms with Gasteiger partial charge in [-0.15, -0.1) is 0 Å². The van der Waals surface area contributed by atoms with Crippen LogP contribution in [0.5, 0.6) is 11.5 Å². The van der Waals surface area contributed by atoms with E-state index < -0.39 is 12.1 Å². The molecular formula is C29H34N2O7. The molecule has 0 aliphatic carbocycles. The van der Waals surface area contributed by atoms with Crippen molar-refractivity contribution in [3.8, 4) is 11.5 Å². The van der Waals surface area contributed by atoms with Crippen molar-refractivity contribution >= 4 is 23.9 Å². The summed E-state index contributed by atoms with van der Waals surface area (Å²) in [7, 11) is 0. The van der Waals surface area contributed by atoms with E-state index in [0.717, 1.165) is 5.56 Å². The first-order valence-electron chi connectivity index (χ1n) is 12.9. The number of carboxylic acids is 1. The fourth-order valence-electron chi connectivity index (χ4n) is 4.80. The van der Waals surface area contributed by atoms with Crippen molar-refractivity contribution in [3.63, 3.8) is 0 Å². The van der Waals surface area contributed by atoms with Crippen LogP contribution in [0.2, 0.25) is 0 Å². The van der Waals surface area contributed by atoms with Gasteiger partial charge in [-0.05, 0) is 47.2 Å². The van der Waals surface area contributed by atoms with Gasteiger partial charge in [-0.1, -0.05) is 38.1 Å². The highest BCUT2D eigenvalue weighted by molar-refractivity contribution is 5.98. The number of amides is 3. The van der Waals surface area contributed by atoms with Crippen LogP contribution in [-0.4, -0.2) is 64.5 Å². The SMILES string of the molecule is CC1(C)CC(=O)N(CCc2ccc(OC(=O)N3CCC(Oc4ccc(CC(=O)O)cc4)CC3)cc2)C(=O)C1. The molecule has 0 spiro atoms. The average molecular weight is 523 g/mol. The van der Waals surface area contributed by atoms with E-state index in [1.165, 1.54) is 4.90 Å². The third kappa shape index (κ3) is 7.34. The minimum Gasteiger partial charge on any atom is -0.490 e. The van der Waals surface area contributed by atoms with Crippen LogP contribution >= 0.6 is 0 Å². The highest BCUT2D eigenvalue weighted by Gasteiger charge is 2.37. The number of hydrogen-bond donors (Lipinski definition) is 1. The molecule has 2 saturated heterocycles. The highest BCUT2D eigenvalue weighted by atomic mass is 16.6. The van der Waals surface area contributed by atoms with E-state index in [9.17, 15) is 19.2 Å². The normalized spacial score (nSPS) is 17.8. The fourth-order valence-corrected chi connectivity index (χ4v) is 4.80. The van der Waals surface area contributed by atoms with Crippen LogP contribution in [0.25, 0.3) is 0 Å². The predicted octanol–water partition coefficient (Wildman–Crippen LogP) is 4.07. The van der Waals surface area contributed by atoms with Gasteiger partial charge < -0.3 is 19.5 Å². The summed E-state index contributed by atoms with van der Waals surface area (Å²) >= 11 is 0. The smallest absolute Gasteiger partial charge is 0.415 e. The summed E-state index contributed by atoms with van der Waals surface area (Å²) in [6.07, 6.45) is 2.14. The predicted molar refractivity (Wildman–Crippen MR) is 139 cm³/mol. The minimum absolute atomic E-state index is 0.0251. The fraction of sp³-hybridized carbons (Fsp3) is 0.448. The number of imide groups is 1. The molecule has 0 bridgehead atoms. The number of hydrogen-bond acceptors (Lipinski definition) is 6. The molecule has 9 nitrogen and oxygen atoms in total. The lowest BCUT2D eigenvalue weighted by Gasteiger charge is -2.34. The number of piperidine rings is 2. The minimum atomic E-state index is -0.874. The van der Waals surface area contributed by atoms with Gasteiger partial charge in [0.15, 0.2) is 0 Å². The number of aliphatic carboxylic acids is 1. The summed E-state index contributed by atoms with van der Waals surface area (Å²) in [5.74, 6) is -0.0100. The molecule has 2 heterocycles. The molecule has 0 atom stereocenters. The Labute approximate surface area is 222 Å². The molecule has 2 fully saturated rings. The van der Waals surface area contributed by atoms with Crippen LogP contribution in [0, 0.1) is 5.41 Å². The van der Waals surface area contributed by atoms with Gasteiger partial charge in [0.05, 0.1) is 6.42 Å². The Balaban J connectivity index is 1.20. The first-order chi connectivity index (χ1) is 18.1. The summed E-state index contributed by atoms with van der Waals surface area (Å²) < 4.78 is 11.5. The van der Waals surface area contributed by atoms with Gasteiger partial charge in [0.2, 0.25) is 11.8 Å². The van der Waals surface area contributed by atoms with Crippen LogP contribution in [0.4, 0.5) is 4.79 Å². The Morgan fingerprint density at radius 2 is 1.45 bits per heavy atom. The van der Waals surface area contributed by atoms with Gasteiger partial charge in [-0.25, -0.2) is 4.79 Å².